The summed E-state index contributed by atoms with van der Waals surface area (Å²) in [6.07, 6.45) is 0.0918. The van der Waals surface area contributed by atoms with Crippen LogP contribution < -0.4 is 10.3 Å². The molecule has 1 heterocycles. The SMILES string of the molecule is O=C(Cc1ccccc1)NNS(=O)(=O)c1ccc(Cl)s1. The van der Waals surface area contributed by atoms with Gasteiger partial charge in [0.25, 0.3) is 10.0 Å². The van der Waals surface area contributed by atoms with E-state index in [1.165, 1.54) is 12.1 Å². The first-order valence-corrected chi connectivity index (χ1v) is 8.25. The predicted octanol–water partition coefficient (Wildman–Crippen LogP) is 1.95. The summed E-state index contributed by atoms with van der Waals surface area (Å²) in [5.41, 5.74) is 2.96. The van der Waals surface area contributed by atoms with Crippen LogP contribution in [0.4, 0.5) is 0 Å². The number of rotatable bonds is 5. The van der Waals surface area contributed by atoms with Crippen molar-refractivity contribution < 1.29 is 13.2 Å². The van der Waals surface area contributed by atoms with Gasteiger partial charge in [-0.15, -0.1) is 16.2 Å². The molecule has 8 heteroatoms. The second-order valence-corrected chi connectivity index (χ2v) is 7.50. The second-order valence-electron chi connectivity index (χ2n) is 3.87. The number of amides is 1. The summed E-state index contributed by atoms with van der Waals surface area (Å²) in [5.74, 6) is -0.442. The summed E-state index contributed by atoms with van der Waals surface area (Å²) in [4.78, 5) is 13.7. The van der Waals surface area contributed by atoms with Gasteiger partial charge in [-0.2, -0.15) is 0 Å². The molecule has 0 saturated heterocycles. The fraction of sp³-hybridized carbons (Fsp3) is 0.0833. The molecule has 0 radical (unpaired) electrons. The first-order chi connectivity index (χ1) is 9.47. The Labute approximate surface area is 125 Å². The van der Waals surface area contributed by atoms with E-state index in [1.54, 1.807) is 24.3 Å². The average molecular weight is 331 g/mol. The number of hydrogen-bond donors (Lipinski definition) is 2. The Kier molecular flexibility index (Phi) is 4.77. The molecule has 0 aliphatic heterocycles. The fourth-order valence-corrected chi connectivity index (χ4v) is 3.79. The van der Waals surface area contributed by atoms with Crippen LogP contribution in [-0.4, -0.2) is 14.3 Å². The molecular formula is C12H11ClN2O3S2. The maximum atomic E-state index is 11.8. The molecule has 2 aromatic rings. The summed E-state index contributed by atoms with van der Waals surface area (Å²) in [7, 11) is -3.77. The monoisotopic (exact) mass is 330 g/mol. The molecule has 0 fully saturated rings. The van der Waals surface area contributed by atoms with Crippen molar-refractivity contribution in [2.24, 2.45) is 0 Å². The number of hydrogen-bond acceptors (Lipinski definition) is 4. The van der Waals surface area contributed by atoms with Gasteiger partial charge in [-0.1, -0.05) is 41.9 Å². The highest BCUT2D eigenvalue weighted by atomic mass is 35.5. The van der Waals surface area contributed by atoms with Gasteiger partial charge < -0.3 is 0 Å². The van der Waals surface area contributed by atoms with Crippen LogP contribution in [0.2, 0.25) is 4.34 Å². The number of carbonyl (C=O) groups is 1. The normalized spacial score (nSPS) is 11.2. The van der Waals surface area contributed by atoms with Gasteiger partial charge in [0.15, 0.2) is 0 Å². The Bertz CT molecular complexity index is 699. The molecule has 0 atom stereocenters. The van der Waals surface area contributed by atoms with Crippen molar-refractivity contribution in [3.05, 3.63) is 52.4 Å². The standard InChI is InChI=1S/C12H11ClN2O3S2/c13-10-6-7-12(19-10)20(17,18)15-14-11(16)8-9-4-2-1-3-5-9/h1-7,15H,8H2,(H,14,16). The van der Waals surface area contributed by atoms with Crippen LogP contribution in [0.1, 0.15) is 5.56 Å². The molecule has 5 nitrogen and oxygen atoms in total. The second kappa shape index (κ2) is 6.36. The van der Waals surface area contributed by atoms with Crippen molar-refractivity contribution in [1.82, 2.24) is 10.3 Å². The van der Waals surface area contributed by atoms with E-state index >= 15 is 0 Å². The van der Waals surface area contributed by atoms with Crippen LogP contribution in [0.3, 0.4) is 0 Å². The van der Waals surface area contributed by atoms with E-state index < -0.39 is 15.9 Å². The Hall–Kier alpha value is -1.41. The zero-order valence-corrected chi connectivity index (χ0v) is 12.6. The number of hydrazine groups is 1. The van der Waals surface area contributed by atoms with Crippen molar-refractivity contribution >= 4 is 38.9 Å². The van der Waals surface area contributed by atoms with Crippen molar-refractivity contribution in [2.75, 3.05) is 0 Å². The molecule has 1 amide bonds. The van der Waals surface area contributed by atoms with Gasteiger partial charge in [0, 0.05) is 0 Å². The summed E-state index contributed by atoms with van der Waals surface area (Å²) >= 11 is 6.59. The molecule has 0 saturated carbocycles. The molecule has 2 rings (SSSR count). The summed E-state index contributed by atoms with van der Waals surface area (Å²) in [5, 5.41) is 0. The Morgan fingerprint density at radius 2 is 1.85 bits per heavy atom. The van der Waals surface area contributed by atoms with E-state index in [1.807, 2.05) is 10.9 Å². The van der Waals surface area contributed by atoms with E-state index in [-0.39, 0.29) is 10.6 Å². The lowest BCUT2D eigenvalue weighted by Gasteiger charge is -2.06. The van der Waals surface area contributed by atoms with Crippen molar-refractivity contribution in [3.63, 3.8) is 0 Å². The molecule has 20 heavy (non-hydrogen) atoms. The van der Waals surface area contributed by atoms with E-state index in [4.69, 9.17) is 11.6 Å². The highest BCUT2D eigenvalue weighted by molar-refractivity contribution is 7.91. The third-order valence-electron chi connectivity index (χ3n) is 2.35. The van der Waals surface area contributed by atoms with Gasteiger partial charge >= 0.3 is 0 Å². The van der Waals surface area contributed by atoms with Gasteiger partial charge in [0.1, 0.15) is 4.21 Å². The predicted molar refractivity (Wildman–Crippen MR) is 77.9 cm³/mol. The number of halogens is 1. The largest absolute Gasteiger partial charge is 0.277 e. The van der Waals surface area contributed by atoms with Crippen LogP contribution in [-0.2, 0) is 21.2 Å². The number of thiophene rings is 1. The minimum absolute atomic E-state index is 0.0440. The van der Waals surface area contributed by atoms with Gasteiger partial charge in [0.2, 0.25) is 5.91 Å². The number of carbonyl (C=O) groups excluding carboxylic acids is 1. The van der Waals surface area contributed by atoms with Crippen LogP contribution in [0.25, 0.3) is 0 Å². The van der Waals surface area contributed by atoms with Crippen molar-refractivity contribution in [2.45, 2.75) is 10.6 Å². The quantitative estimate of drug-likeness (QED) is 0.823. The third kappa shape index (κ3) is 4.04. The van der Waals surface area contributed by atoms with Gasteiger partial charge in [-0.05, 0) is 17.7 Å². The Balaban J connectivity index is 1.93. The lowest BCUT2D eigenvalue weighted by Crippen LogP contribution is -2.42. The molecule has 0 aliphatic rings. The van der Waals surface area contributed by atoms with Crippen molar-refractivity contribution in [1.29, 1.82) is 0 Å². The molecular weight excluding hydrogens is 320 g/mol. The van der Waals surface area contributed by atoms with Crippen LogP contribution in [0.5, 0.6) is 0 Å². The van der Waals surface area contributed by atoms with Gasteiger partial charge in [-0.3, -0.25) is 10.2 Å². The van der Waals surface area contributed by atoms with Crippen LogP contribution in [0.15, 0.2) is 46.7 Å². The summed E-state index contributed by atoms with van der Waals surface area (Å²) in [6.45, 7) is 0. The molecule has 106 valence electrons. The Morgan fingerprint density at radius 1 is 1.15 bits per heavy atom. The molecule has 0 unspecified atom stereocenters. The zero-order valence-electron chi connectivity index (χ0n) is 10.2. The maximum absolute atomic E-state index is 11.8. The molecule has 0 aliphatic carbocycles. The van der Waals surface area contributed by atoms with E-state index in [0.717, 1.165) is 16.9 Å². The fourth-order valence-electron chi connectivity index (χ4n) is 1.44. The van der Waals surface area contributed by atoms with E-state index in [9.17, 15) is 13.2 Å². The number of benzene rings is 1. The first-order valence-electron chi connectivity index (χ1n) is 5.57. The lowest BCUT2D eigenvalue weighted by molar-refractivity contribution is -0.120. The average Bonchev–Trinajstić information content (AvgIpc) is 2.85. The first kappa shape index (κ1) is 15.0. The number of nitrogens with one attached hydrogen (secondary N) is 2. The minimum atomic E-state index is -3.77. The third-order valence-corrected chi connectivity index (χ3v) is 5.32. The highest BCUT2D eigenvalue weighted by Crippen LogP contribution is 2.24. The topological polar surface area (TPSA) is 75.3 Å². The lowest BCUT2D eigenvalue weighted by atomic mass is 10.1. The van der Waals surface area contributed by atoms with E-state index in [2.05, 4.69) is 5.43 Å². The van der Waals surface area contributed by atoms with Gasteiger partial charge in [-0.25, -0.2) is 8.42 Å². The van der Waals surface area contributed by atoms with Crippen molar-refractivity contribution in [3.8, 4) is 0 Å². The molecule has 1 aromatic carbocycles. The van der Waals surface area contributed by atoms with E-state index in [0.29, 0.717) is 4.34 Å². The maximum Gasteiger partial charge on any atom is 0.266 e. The number of sulfonamides is 1. The molecule has 0 bridgehead atoms. The molecule has 0 spiro atoms. The smallest absolute Gasteiger partial charge is 0.266 e. The van der Waals surface area contributed by atoms with Crippen LogP contribution >= 0.6 is 22.9 Å². The minimum Gasteiger partial charge on any atom is -0.277 e. The van der Waals surface area contributed by atoms with Crippen LogP contribution in [0, 0.1) is 0 Å². The molecule has 2 N–H and O–H groups in total. The highest BCUT2D eigenvalue weighted by Gasteiger charge is 2.17. The Morgan fingerprint density at radius 3 is 2.45 bits per heavy atom. The summed E-state index contributed by atoms with van der Waals surface area (Å²) in [6, 6.07) is 11.9. The zero-order chi connectivity index (χ0) is 14.6. The molecule has 1 aromatic heterocycles. The summed E-state index contributed by atoms with van der Waals surface area (Å²) < 4.78 is 24.1. The van der Waals surface area contributed by atoms with Gasteiger partial charge in [0.05, 0.1) is 10.8 Å².